The van der Waals surface area contributed by atoms with Gasteiger partial charge in [-0.3, -0.25) is 4.98 Å². The van der Waals surface area contributed by atoms with E-state index in [9.17, 15) is 8.42 Å². The van der Waals surface area contributed by atoms with Gasteiger partial charge in [0.1, 0.15) is 11.4 Å². The first-order chi connectivity index (χ1) is 17.5. The number of benzene rings is 2. The lowest BCUT2D eigenvalue weighted by Crippen LogP contribution is -2.26. The Hall–Kier alpha value is -3.49. The van der Waals surface area contributed by atoms with Crippen LogP contribution in [0.25, 0.3) is 22.8 Å². The molecule has 0 radical (unpaired) electrons. The highest BCUT2D eigenvalue weighted by Crippen LogP contribution is 2.27. The fraction of sp³-hybridized carbons (Fsp3) is 0.286. The zero-order valence-corrected chi connectivity index (χ0v) is 21.5. The lowest BCUT2D eigenvalue weighted by Gasteiger charge is -2.08. The van der Waals surface area contributed by atoms with Gasteiger partial charge in [-0.15, -0.1) is 0 Å². The highest BCUT2D eigenvalue weighted by atomic mass is 32.2. The summed E-state index contributed by atoms with van der Waals surface area (Å²) in [5, 5.41) is 0. The molecule has 0 fully saturated rings. The van der Waals surface area contributed by atoms with E-state index in [0.717, 1.165) is 53.2 Å². The zero-order valence-electron chi connectivity index (χ0n) is 20.7. The number of rotatable bonds is 12. The molecule has 2 heterocycles. The molecular weight excluding hydrogens is 472 g/mol. The molecule has 0 bridgehead atoms. The Morgan fingerprint density at radius 3 is 2.39 bits per heavy atom. The van der Waals surface area contributed by atoms with E-state index in [1.165, 1.54) is 6.42 Å². The van der Waals surface area contributed by atoms with Gasteiger partial charge in [0, 0.05) is 30.4 Å². The number of hydrogen-bond acceptors (Lipinski definition) is 5. The van der Waals surface area contributed by atoms with Crippen LogP contribution in [0.3, 0.4) is 0 Å². The topological polar surface area (TPSA) is 97.0 Å². The van der Waals surface area contributed by atoms with Gasteiger partial charge in [0.2, 0.25) is 10.0 Å². The Morgan fingerprint density at radius 1 is 0.944 bits per heavy atom. The molecule has 4 aromatic rings. The van der Waals surface area contributed by atoms with Gasteiger partial charge in [0.05, 0.1) is 17.7 Å². The van der Waals surface area contributed by atoms with Gasteiger partial charge in [-0.2, -0.15) is 0 Å². The summed E-state index contributed by atoms with van der Waals surface area (Å²) in [6.45, 7) is 2.40. The number of nitrogens with one attached hydrogen (secondary N) is 2. The van der Waals surface area contributed by atoms with Gasteiger partial charge in [0.15, 0.2) is 5.82 Å². The molecule has 4 rings (SSSR count). The second-order valence-electron chi connectivity index (χ2n) is 8.60. The van der Waals surface area contributed by atoms with E-state index in [-0.39, 0.29) is 11.4 Å². The summed E-state index contributed by atoms with van der Waals surface area (Å²) >= 11 is 0. The molecule has 8 heteroatoms. The third-order valence-electron chi connectivity index (χ3n) is 6.02. The quantitative estimate of drug-likeness (QED) is 0.252. The number of pyridine rings is 1. The van der Waals surface area contributed by atoms with Crippen LogP contribution in [0.5, 0.6) is 5.75 Å². The van der Waals surface area contributed by atoms with Crippen molar-refractivity contribution in [2.24, 2.45) is 0 Å². The molecule has 188 valence electrons. The number of aromatic amines is 1. The Balaban J connectivity index is 1.49. The minimum Gasteiger partial charge on any atom is -0.497 e. The number of H-pyrrole nitrogens is 1. The lowest BCUT2D eigenvalue weighted by atomic mass is 10.1. The molecule has 0 spiro atoms. The molecule has 0 unspecified atom stereocenters. The molecule has 0 amide bonds. The third kappa shape index (κ3) is 6.38. The SMILES string of the molecule is CCCCCc1ccc(S(=O)(=O)NCCc2[nH]c(-c3ccccn3)nc2-c2ccc(OC)cc2)cc1. The van der Waals surface area contributed by atoms with Crippen LogP contribution in [-0.2, 0) is 22.9 Å². The first kappa shape index (κ1) is 25.6. The van der Waals surface area contributed by atoms with Crippen LogP contribution in [-0.4, -0.2) is 37.0 Å². The van der Waals surface area contributed by atoms with E-state index in [1.807, 2.05) is 54.6 Å². The van der Waals surface area contributed by atoms with Crippen molar-refractivity contribution in [2.45, 2.75) is 43.9 Å². The van der Waals surface area contributed by atoms with E-state index in [2.05, 4.69) is 21.6 Å². The van der Waals surface area contributed by atoms with Crippen LogP contribution < -0.4 is 9.46 Å². The van der Waals surface area contributed by atoms with Crippen molar-refractivity contribution >= 4 is 10.0 Å². The van der Waals surface area contributed by atoms with E-state index >= 15 is 0 Å². The normalized spacial score (nSPS) is 11.5. The standard InChI is InChI=1S/C28H32N4O3S/c1-3-4-5-8-21-10-16-24(17-11-21)36(33,34)30-20-18-25-27(22-12-14-23(35-2)15-13-22)32-28(31-25)26-9-6-7-19-29-26/h6-7,9-17,19,30H,3-5,8,18,20H2,1-2H3,(H,31,32). The Bertz CT molecular complexity index is 1350. The smallest absolute Gasteiger partial charge is 0.240 e. The minimum absolute atomic E-state index is 0.230. The molecule has 2 N–H and O–H groups in total. The van der Waals surface area contributed by atoms with Crippen molar-refractivity contribution in [3.8, 4) is 28.5 Å². The van der Waals surface area contributed by atoms with E-state index in [1.54, 1.807) is 25.4 Å². The molecule has 2 aromatic heterocycles. The van der Waals surface area contributed by atoms with E-state index in [4.69, 9.17) is 9.72 Å². The molecule has 7 nitrogen and oxygen atoms in total. The monoisotopic (exact) mass is 504 g/mol. The molecule has 2 aromatic carbocycles. The molecular formula is C28H32N4O3S. The summed E-state index contributed by atoms with van der Waals surface area (Å²) in [6, 6.07) is 20.4. The molecule has 0 saturated heterocycles. The van der Waals surface area contributed by atoms with Crippen LogP contribution in [0, 0.1) is 0 Å². The van der Waals surface area contributed by atoms with Gasteiger partial charge < -0.3 is 9.72 Å². The molecule has 0 atom stereocenters. The molecule has 0 saturated carbocycles. The second kappa shape index (κ2) is 12.0. The van der Waals surface area contributed by atoms with Gasteiger partial charge in [-0.1, -0.05) is 38.0 Å². The van der Waals surface area contributed by atoms with Crippen LogP contribution in [0.4, 0.5) is 0 Å². The summed E-state index contributed by atoms with van der Waals surface area (Å²) in [4.78, 5) is 12.8. The fourth-order valence-electron chi connectivity index (χ4n) is 4.01. The largest absolute Gasteiger partial charge is 0.497 e. The third-order valence-corrected chi connectivity index (χ3v) is 7.50. The number of aromatic nitrogens is 3. The average molecular weight is 505 g/mol. The predicted molar refractivity (Wildman–Crippen MR) is 142 cm³/mol. The van der Waals surface area contributed by atoms with E-state index < -0.39 is 10.0 Å². The Morgan fingerprint density at radius 2 is 1.72 bits per heavy atom. The number of ether oxygens (including phenoxy) is 1. The fourth-order valence-corrected chi connectivity index (χ4v) is 5.04. The number of methoxy groups -OCH3 is 1. The number of nitrogens with zero attached hydrogens (tertiary/aromatic N) is 2. The van der Waals surface area contributed by atoms with Crippen molar-refractivity contribution in [1.82, 2.24) is 19.7 Å². The van der Waals surface area contributed by atoms with Crippen molar-refractivity contribution in [2.75, 3.05) is 13.7 Å². The number of sulfonamides is 1. The molecule has 0 aliphatic rings. The van der Waals surface area contributed by atoms with Crippen molar-refractivity contribution < 1.29 is 13.2 Å². The maximum absolute atomic E-state index is 12.9. The minimum atomic E-state index is -3.62. The second-order valence-corrected chi connectivity index (χ2v) is 10.4. The number of unbranched alkanes of at least 4 members (excludes halogenated alkanes) is 2. The lowest BCUT2D eigenvalue weighted by molar-refractivity contribution is 0.415. The van der Waals surface area contributed by atoms with Gasteiger partial charge in [-0.05, 0) is 66.9 Å². The zero-order chi connectivity index (χ0) is 25.4. The highest BCUT2D eigenvalue weighted by Gasteiger charge is 2.17. The summed E-state index contributed by atoms with van der Waals surface area (Å²) in [5.41, 5.74) is 4.37. The van der Waals surface area contributed by atoms with Crippen molar-refractivity contribution in [3.63, 3.8) is 0 Å². The van der Waals surface area contributed by atoms with Gasteiger partial charge in [-0.25, -0.2) is 18.1 Å². The summed E-state index contributed by atoms with van der Waals surface area (Å²) in [5.74, 6) is 1.39. The summed E-state index contributed by atoms with van der Waals surface area (Å²) < 4.78 is 33.8. The Labute approximate surface area is 213 Å². The average Bonchev–Trinajstić information content (AvgIpc) is 3.34. The van der Waals surface area contributed by atoms with E-state index in [0.29, 0.717) is 12.2 Å². The number of imidazole rings is 1. The number of aryl methyl sites for hydroxylation is 1. The predicted octanol–water partition coefficient (Wildman–Crippen LogP) is 5.40. The highest BCUT2D eigenvalue weighted by molar-refractivity contribution is 7.89. The number of hydrogen-bond donors (Lipinski definition) is 2. The summed E-state index contributed by atoms with van der Waals surface area (Å²) in [6.07, 6.45) is 6.57. The van der Waals surface area contributed by atoms with Crippen LogP contribution in [0.1, 0.15) is 37.4 Å². The van der Waals surface area contributed by atoms with Gasteiger partial charge in [0.25, 0.3) is 0 Å². The van der Waals surface area contributed by atoms with Crippen molar-refractivity contribution in [3.05, 3.63) is 84.2 Å². The maximum Gasteiger partial charge on any atom is 0.240 e. The van der Waals surface area contributed by atoms with Crippen LogP contribution in [0.15, 0.2) is 77.8 Å². The molecule has 0 aliphatic carbocycles. The first-order valence-electron chi connectivity index (χ1n) is 12.2. The van der Waals surface area contributed by atoms with Crippen LogP contribution >= 0.6 is 0 Å². The maximum atomic E-state index is 12.9. The molecule has 0 aliphatic heterocycles. The summed E-state index contributed by atoms with van der Waals surface area (Å²) in [7, 11) is -1.99. The van der Waals surface area contributed by atoms with Crippen molar-refractivity contribution in [1.29, 1.82) is 0 Å². The first-order valence-corrected chi connectivity index (χ1v) is 13.7. The molecule has 36 heavy (non-hydrogen) atoms. The van der Waals surface area contributed by atoms with Crippen LogP contribution in [0.2, 0.25) is 0 Å². The van der Waals surface area contributed by atoms with Gasteiger partial charge >= 0.3 is 0 Å². The Kier molecular flexibility index (Phi) is 8.51.